The summed E-state index contributed by atoms with van der Waals surface area (Å²) in [6.07, 6.45) is 0.444. The second kappa shape index (κ2) is 9.12. The molecule has 0 aromatic heterocycles. The number of amides is 1. The maximum absolute atomic E-state index is 13.7. The molecule has 0 radical (unpaired) electrons. The largest absolute Gasteiger partial charge is 0.390 e. The second-order valence-corrected chi connectivity index (χ2v) is 10.5. The van der Waals surface area contributed by atoms with Crippen LogP contribution in [0.15, 0.2) is 77.7 Å². The van der Waals surface area contributed by atoms with Crippen LogP contribution in [0.4, 0.5) is 17.1 Å². The molecule has 5 rings (SSSR count). The van der Waals surface area contributed by atoms with E-state index in [9.17, 15) is 22.8 Å². The molecule has 0 aliphatic carbocycles. The highest BCUT2D eigenvalue weighted by molar-refractivity contribution is 7.93. The third kappa shape index (κ3) is 4.31. The van der Waals surface area contributed by atoms with Crippen LogP contribution in [0.1, 0.15) is 18.1 Å². The minimum Gasteiger partial charge on any atom is -0.390 e. The van der Waals surface area contributed by atoms with Gasteiger partial charge in [-0.15, -0.1) is 0 Å². The molecule has 0 spiro atoms. The Bertz CT molecular complexity index is 1440. The van der Waals surface area contributed by atoms with Gasteiger partial charge in [0.05, 0.1) is 10.6 Å². The molecule has 0 saturated carbocycles. The Balaban J connectivity index is 1.40. The minimum absolute atomic E-state index is 0.0645. The zero-order valence-electron chi connectivity index (χ0n) is 19.3. The van der Waals surface area contributed by atoms with E-state index in [2.05, 4.69) is 10.6 Å². The van der Waals surface area contributed by atoms with Gasteiger partial charge in [-0.05, 0) is 47.5 Å². The third-order valence-electron chi connectivity index (χ3n) is 6.19. The predicted molar refractivity (Wildman–Crippen MR) is 133 cm³/mol. The fraction of sp³-hybridized carbons (Fsp3) is 0.192. The van der Waals surface area contributed by atoms with Crippen LogP contribution < -0.4 is 14.9 Å². The van der Waals surface area contributed by atoms with Crippen LogP contribution in [0.2, 0.25) is 0 Å². The van der Waals surface area contributed by atoms with Gasteiger partial charge in [0.15, 0.2) is 0 Å². The number of carbonyl (C=O) groups excluding carboxylic acids is 3. The Labute approximate surface area is 208 Å². The molecule has 0 bridgehead atoms. The molecule has 2 aliphatic rings. The molecule has 9 nitrogen and oxygen atoms in total. The summed E-state index contributed by atoms with van der Waals surface area (Å²) in [5.41, 5.74) is 3.18. The van der Waals surface area contributed by atoms with E-state index in [-0.39, 0.29) is 17.2 Å². The number of hydrogen-bond acceptors (Lipinski definition) is 7. The number of anilines is 3. The number of para-hydroxylation sites is 2. The first-order chi connectivity index (χ1) is 17.2. The van der Waals surface area contributed by atoms with Crippen molar-refractivity contribution in [3.05, 3.63) is 83.9 Å². The maximum atomic E-state index is 13.7. The van der Waals surface area contributed by atoms with Crippen molar-refractivity contribution >= 4 is 44.9 Å². The van der Waals surface area contributed by atoms with Gasteiger partial charge in [-0.2, -0.15) is 0 Å². The molecule has 0 saturated heterocycles. The molecule has 36 heavy (non-hydrogen) atoms. The van der Waals surface area contributed by atoms with E-state index in [0.29, 0.717) is 23.4 Å². The molecule has 1 unspecified atom stereocenters. The van der Waals surface area contributed by atoms with Gasteiger partial charge in [0, 0.05) is 31.1 Å². The summed E-state index contributed by atoms with van der Waals surface area (Å²) < 4.78 is 33.6. The average molecular weight is 506 g/mol. The van der Waals surface area contributed by atoms with Gasteiger partial charge in [0.2, 0.25) is 5.91 Å². The van der Waals surface area contributed by atoms with E-state index >= 15 is 0 Å². The van der Waals surface area contributed by atoms with Crippen LogP contribution in [-0.4, -0.2) is 38.3 Å². The number of hydrogen-bond donors (Lipinski definition) is 2. The highest BCUT2D eigenvalue weighted by Crippen LogP contribution is 2.37. The van der Waals surface area contributed by atoms with Crippen molar-refractivity contribution in [2.45, 2.75) is 36.7 Å². The van der Waals surface area contributed by atoms with Gasteiger partial charge in [-0.1, -0.05) is 36.4 Å². The summed E-state index contributed by atoms with van der Waals surface area (Å²) in [6.45, 7) is 1.35. The van der Waals surface area contributed by atoms with Crippen LogP contribution >= 0.6 is 0 Å². The number of benzene rings is 3. The molecule has 0 fully saturated rings. The van der Waals surface area contributed by atoms with Gasteiger partial charge in [-0.3, -0.25) is 9.10 Å². The van der Waals surface area contributed by atoms with Crippen molar-refractivity contribution in [2.75, 3.05) is 14.9 Å². The number of esters is 2. The summed E-state index contributed by atoms with van der Waals surface area (Å²) >= 11 is 0. The Morgan fingerprint density at radius 2 is 1.56 bits per heavy atom. The molecule has 2 atom stereocenters. The topological polar surface area (TPSA) is 122 Å². The van der Waals surface area contributed by atoms with Gasteiger partial charge in [0.1, 0.15) is 12.1 Å². The quantitative estimate of drug-likeness (QED) is 0.404. The lowest BCUT2D eigenvalue weighted by molar-refractivity contribution is -0.160. The molecule has 3 aromatic rings. The third-order valence-corrected chi connectivity index (χ3v) is 8.02. The fourth-order valence-electron chi connectivity index (χ4n) is 4.54. The SMILES string of the molecule is CC(=O)Nc1ccc(S(=O)(=O)N2c3ccccc3C[C@H]2C(=O)OC(=O)C2Cc3ccccc3N2)cc1. The van der Waals surface area contributed by atoms with Crippen molar-refractivity contribution in [3.8, 4) is 0 Å². The zero-order chi connectivity index (χ0) is 25.4. The second-order valence-electron chi connectivity index (χ2n) is 8.65. The van der Waals surface area contributed by atoms with E-state index in [4.69, 9.17) is 4.74 Å². The number of sulfonamides is 1. The Hall–Kier alpha value is -4.18. The lowest BCUT2D eigenvalue weighted by Crippen LogP contribution is -2.45. The first-order valence-electron chi connectivity index (χ1n) is 11.3. The van der Waals surface area contributed by atoms with Gasteiger partial charge in [-0.25, -0.2) is 18.0 Å². The van der Waals surface area contributed by atoms with Crippen molar-refractivity contribution in [1.29, 1.82) is 0 Å². The predicted octanol–water partition coefficient (Wildman–Crippen LogP) is 2.87. The summed E-state index contributed by atoms with van der Waals surface area (Å²) in [4.78, 5) is 37.2. The smallest absolute Gasteiger partial charge is 0.338 e. The Morgan fingerprint density at radius 1 is 0.889 bits per heavy atom. The summed E-state index contributed by atoms with van der Waals surface area (Å²) in [5, 5.41) is 5.63. The van der Waals surface area contributed by atoms with Crippen LogP contribution in [0.25, 0.3) is 0 Å². The highest BCUT2D eigenvalue weighted by Gasteiger charge is 2.44. The number of fused-ring (bicyclic) bond motifs is 2. The van der Waals surface area contributed by atoms with Crippen LogP contribution in [0, 0.1) is 0 Å². The lowest BCUT2D eigenvalue weighted by atomic mass is 10.1. The maximum Gasteiger partial charge on any atom is 0.338 e. The number of rotatable bonds is 5. The van der Waals surface area contributed by atoms with Gasteiger partial charge in [0.25, 0.3) is 10.0 Å². The fourth-order valence-corrected chi connectivity index (χ4v) is 6.18. The van der Waals surface area contributed by atoms with E-state index < -0.39 is 34.0 Å². The molecule has 3 aromatic carbocycles. The number of nitrogens with one attached hydrogen (secondary N) is 2. The zero-order valence-corrected chi connectivity index (χ0v) is 20.1. The summed E-state index contributed by atoms with van der Waals surface area (Å²) in [6, 6.07) is 17.9. The van der Waals surface area contributed by atoms with Crippen molar-refractivity contribution in [1.82, 2.24) is 0 Å². The normalized spacial score (nSPS) is 18.1. The van der Waals surface area contributed by atoms with E-state index in [1.165, 1.54) is 31.2 Å². The molecule has 1 amide bonds. The first kappa shape index (κ1) is 23.6. The van der Waals surface area contributed by atoms with E-state index in [0.717, 1.165) is 15.6 Å². The van der Waals surface area contributed by atoms with Crippen molar-refractivity contribution in [3.63, 3.8) is 0 Å². The highest BCUT2D eigenvalue weighted by atomic mass is 32.2. The number of carbonyl (C=O) groups is 3. The van der Waals surface area contributed by atoms with E-state index in [1.54, 1.807) is 24.3 Å². The van der Waals surface area contributed by atoms with Crippen molar-refractivity contribution < 1.29 is 27.5 Å². The average Bonchev–Trinajstić information content (AvgIpc) is 3.46. The van der Waals surface area contributed by atoms with Crippen LogP contribution in [0.5, 0.6) is 0 Å². The van der Waals surface area contributed by atoms with Crippen LogP contribution in [0.3, 0.4) is 0 Å². The first-order valence-corrected chi connectivity index (χ1v) is 12.8. The molecule has 10 heteroatoms. The monoisotopic (exact) mass is 505 g/mol. The summed E-state index contributed by atoms with van der Waals surface area (Å²) in [5.74, 6) is -1.98. The molecule has 184 valence electrons. The lowest BCUT2D eigenvalue weighted by Gasteiger charge is -2.25. The van der Waals surface area contributed by atoms with Gasteiger partial charge >= 0.3 is 11.9 Å². The Morgan fingerprint density at radius 3 is 2.25 bits per heavy atom. The molecular formula is C26H23N3O6S. The van der Waals surface area contributed by atoms with Crippen LogP contribution in [-0.2, 0) is 42.0 Å². The van der Waals surface area contributed by atoms with Gasteiger partial charge < -0.3 is 15.4 Å². The summed E-state index contributed by atoms with van der Waals surface area (Å²) in [7, 11) is -4.20. The van der Waals surface area contributed by atoms with Crippen molar-refractivity contribution in [2.24, 2.45) is 0 Å². The number of nitrogens with zero attached hydrogens (tertiary/aromatic N) is 1. The number of ether oxygens (including phenoxy) is 1. The Kier molecular flexibility index (Phi) is 5.97. The molecular weight excluding hydrogens is 482 g/mol. The van der Waals surface area contributed by atoms with E-state index in [1.807, 2.05) is 24.3 Å². The molecule has 2 aliphatic heterocycles. The standard InChI is InChI=1S/C26H23N3O6S/c1-16(30)27-19-10-12-20(13-11-19)36(33,34)29-23-9-5-3-7-18(23)15-24(29)26(32)35-25(31)22-14-17-6-2-4-8-21(17)28-22/h2-13,22,24,28H,14-15H2,1H3,(H,27,30)/t22?,24-/m0/s1. The minimum atomic E-state index is -4.20. The molecule has 2 heterocycles. The molecule has 2 N–H and O–H groups in total.